The lowest BCUT2D eigenvalue weighted by atomic mass is 10.1. The summed E-state index contributed by atoms with van der Waals surface area (Å²) in [6, 6.07) is 23.2. The molecule has 4 rings (SSSR count). The SMILES string of the molecule is O=C1OC(c2ccc(F)cc2)=C/C1=C/c1ccc(OCc2ccccc2)cc1. The normalized spacial score (nSPS) is 14.7. The first-order valence-electron chi connectivity index (χ1n) is 8.86. The number of halogens is 1. The predicted molar refractivity (Wildman–Crippen MR) is 106 cm³/mol. The van der Waals surface area contributed by atoms with E-state index in [1.807, 2.05) is 54.6 Å². The first-order valence-corrected chi connectivity index (χ1v) is 8.86. The molecule has 3 aromatic rings. The Bertz CT molecular complexity index is 1030. The topological polar surface area (TPSA) is 35.5 Å². The van der Waals surface area contributed by atoms with Crippen LogP contribution in [0.4, 0.5) is 4.39 Å². The van der Waals surface area contributed by atoms with Gasteiger partial charge in [-0.25, -0.2) is 9.18 Å². The van der Waals surface area contributed by atoms with Crippen molar-refractivity contribution in [2.45, 2.75) is 6.61 Å². The van der Waals surface area contributed by atoms with Crippen molar-refractivity contribution in [3.8, 4) is 5.75 Å². The number of hydrogen-bond acceptors (Lipinski definition) is 3. The van der Waals surface area contributed by atoms with Gasteiger partial charge in [0, 0.05) is 5.56 Å². The summed E-state index contributed by atoms with van der Waals surface area (Å²) in [5, 5.41) is 0. The van der Waals surface area contributed by atoms with Crippen LogP contribution in [0.2, 0.25) is 0 Å². The molecule has 0 amide bonds. The van der Waals surface area contributed by atoms with Gasteiger partial charge in [-0.3, -0.25) is 0 Å². The number of esters is 1. The highest BCUT2D eigenvalue weighted by atomic mass is 19.1. The van der Waals surface area contributed by atoms with E-state index in [2.05, 4.69) is 0 Å². The van der Waals surface area contributed by atoms with E-state index >= 15 is 0 Å². The molecule has 0 saturated carbocycles. The average molecular weight is 372 g/mol. The lowest BCUT2D eigenvalue weighted by Crippen LogP contribution is -1.97. The fourth-order valence-electron chi connectivity index (χ4n) is 2.83. The van der Waals surface area contributed by atoms with Crippen molar-refractivity contribution in [3.05, 3.63) is 113 Å². The molecule has 138 valence electrons. The summed E-state index contributed by atoms with van der Waals surface area (Å²) in [6.07, 6.45) is 3.41. The summed E-state index contributed by atoms with van der Waals surface area (Å²) in [6.45, 7) is 0.497. The Morgan fingerprint density at radius 2 is 1.61 bits per heavy atom. The first-order chi connectivity index (χ1) is 13.7. The van der Waals surface area contributed by atoms with Crippen molar-refractivity contribution in [3.63, 3.8) is 0 Å². The molecule has 3 nitrogen and oxygen atoms in total. The zero-order valence-electron chi connectivity index (χ0n) is 15.0. The van der Waals surface area contributed by atoms with Crippen LogP contribution in [0, 0.1) is 5.82 Å². The molecule has 0 aliphatic carbocycles. The van der Waals surface area contributed by atoms with Gasteiger partial charge in [0.2, 0.25) is 0 Å². The van der Waals surface area contributed by atoms with Crippen molar-refractivity contribution >= 4 is 17.8 Å². The summed E-state index contributed by atoms with van der Waals surface area (Å²) in [7, 11) is 0. The Kier molecular flexibility index (Phi) is 5.02. The van der Waals surface area contributed by atoms with Crippen LogP contribution in [-0.2, 0) is 16.1 Å². The second kappa shape index (κ2) is 7.92. The van der Waals surface area contributed by atoms with Gasteiger partial charge in [0.15, 0.2) is 0 Å². The molecule has 0 atom stereocenters. The van der Waals surface area contributed by atoms with Crippen LogP contribution in [0.1, 0.15) is 16.7 Å². The zero-order valence-corrected chi connectivity index (χ0v) is 15.0. The summed E-state index contributed by atoms with van der Waals surface area (Å²) in [4.78, 5) is 12.1. The number of hydrogen-bond donors (Lipinski definition) is 0. The number of rotatable bonds is 5. The largest absolute Gasteiger partial charge is 0.489 e. The lowest BCUT2D eigenvalue weighted by Gasteiger charge is -2.06. The van der Waals surface area contributed by atoms with Crippen LogP contribution in [-0.4, -0.2) is 5.97 Å². The lowest BCUT2D eigenvalue weighted by molar-refractivity contribution is -0.130. The van der Waals surface area contributed by atoms with Crippen molar-refractivity contribution in [2.24, 2.45) is 0 Å². The highest BCUT2D eigenvalue weighted by molar-refractivity contribution is 6.05. The van der Waals surface area contributed by atoms with Crippen molar-refractivity contribution < 1.29 is 18.7 Å². The number of benzene rings is 3. The van der Waals surface area contributed by atoms with Crippen LogP contribution in [0.25, 0.3) is 11.8 Å². The molecule has 0 spiro atoms. The number of carbonyl (C=O) groups is 1. The van der Waals surface area contributed by atoms with Gasteiger partial charge in [0.25, 0.3) is 0 Å². The van der Waals surface area contributed by atoms with Crippen molar-refractivity contribution in [2.75, 3.05) is 0 Å². The van der Waals surface area contributed by atoms with E-state index in [-0.39, 0.29) is 5.82 Å². The fraction of sp³-hybridized carbons (Fsp3) is 0.0417. The van der Waals surface area contributed by atoms with E-state index in [9.17, 15) is 9.18 Å². The highest BCUT2D eigenvalue weighted by Gasteiger charge is 2.21. The smallest absolute Gasteiger partial charge is 0.343 e. The quantitative estimate of drug-likeness (QED) is 0.445. The molecule has 0 radical (unpaired) electrons. The Labute approximate surface area is 162 Å². The van der Waals surface area contributed by atoms with Gasteiger partial charge in [-0.05, 0) is 59.7 Å². The molecule has 28 heavy (non-hydrogen) atoms. The Balaban J connectivity index is 1.46. The number of carbonyl (C=O) groups excluding carboxylic acids is 1. The van der Waals surface area contributed by atoms with E-state index < -0.39 is 5.97 Å². The van der Waals surface area contributed by atoms with E-state index in [1.54, 1.807) is 24.3 Å². The third-order valence-electron chi connectivity index (χ3n) is 4.30. The van der Waals surface area contributed by atoms with E-state index in [0.717, 1.165) is 16.9 Å². The van der Waals surface area contributed by atoms with E-state index in [1.165, 1.54) is 12.1 Å². The fourth-order valence-corrected chi connectivity index (χ4v) is 2.83. The van der Waals surface area contributed by atoms with Gasteiger partial charge in [-0.2, -0.15) is 0 Å². The minimum atomic E-state index is -0.427. The van der Waals surface area contributed by atoms with Crippen LogP contribution in [0.5, 0.6) is 5.75 Å². The van der Waals surface area contributed by atoms with Crippen molar-refractivity contribution in [1.82, 2.24) is 0 Å². The maximum absolute atomic E-state index is 13.0. The molecule has 1 aliphatic rings. The minimum absolute atomic E-state index is 0.334. The predicted octanol–water partition coefficient (Wildman–Crippen LogP) is 5.39. The Morgan fingerprint density at radius 3 is 2.32 bits per heavy atom. The van der Waals surface area contributed by atoms with E-state index in [0.29, 0.717) is 23.5 Å². The summed E-state index contributed by atoms with van der Waals surface area (Å²) in [5.41, 5.74) is 3.05. The molecule has 0 bridgehead atoms. The molecule has 0 saturated heterocycles. The molecule has 1 heterocycles. The van der Waals surface area contributed by atoms with Gasteiger partial charge >= 0.3 is 5.97 Å². The van der Waals surface area contributed by atoms with Crippen LogP contribution >= 0.6 is 0 Å². The van der Waals surface area contributed by atoms with Gasteiger partial charge in [-0.1, -0.05) is 42.5 Å². The second-order valence-corrected chi connectivity index (χ2v) is 6.35. The molecular weight excluding hydrogens is 355 g/mol. The van der Waals surface area contributed by atoms with Crippen LogP contribution < -0.4 is 4.74 Å². The van der Waals surface area contributed by atoms with Gasteiger partial charge in [0.05, 0.1) is 5.57 Å². The van der Waals surface area contributed by atoms with Crippen LogP contribution in [0.3, 0.4) is 0 Å². The van der Waals surface area contributed by atoms with Crippen LogP contribution in [0.15, 0.2) is 90.5 Å². The minimum Gasteiger partial charge on any atom is -0.489 e. The summed E-state index contributed by atoms with van der Waals surface area (Å²) < 4.78 is 24.1. The first kappa shape index (κ1) is 17.7. The molecule has 0 N–H and O–H groups in total. The standard InChI is InChI=1S/C24H17FO3/c25-21-10-8-19(9-11-21)23-15-20(24(26)28-23)14-17-6-12-22(13-7-17)27-16-18-4-2-1-3-5-18/h1-15H,16H2/b20-14-. The second-order valence-electron chi connectivity index (χ2n) is 6.35. The highest BCUT2D eigenvalue weighted by Crippen LogP contribution is 2.28. The Morgan fingerprint density at radius 1 is 0.893 bits per heavy atom. The van der Waals surface area contributed by atoms with Gasteiger partial charge < -0.3 is 9.47 Å². The average Bonchev–Trinajstić information content (AvgIpc) is 3.09. The maximum Gasteiger partial charge on any atom is 0.343 e. The monoisotopic (exact) mass is 372 g/mol. The van der Waals surface area contributed by atoms with Crippen molar-refractivity contribution in [1.29, 1.82) is 0 Å². The number of cyclic esters (lactones) is 1. The molecule has 0 aromatic heterocycles. The molecule has 1 aliphatic heterocycles. The van der Waals surface area contributed by atoms with Gasteiger partial charge in [-0.15, -0.1) is 0 Å². The summed E-state index contributed by atoms with van der Waals surface area (Å²) >= 11 is 0. The Hall–Kier alpha value is -3.66. The third-order valence-corrected chi connectivity index (χ3v) is 4.30. The molecule has 4 heteroatoms. The molecular formula is C24H17FO3. The maximum atomic E-state index is 13.0. The molecule has 3 aromatic carbocycles. The summed E-state index contributed by atoms with van der Waals surface area (Å²) in [5.74, 6) is 0.407. The van der Waals surface area contributed by atoms with Gasteiger partial charge in [0.1, 0.15) is 23.9 Å². The zero-order chi connectivity index (χ0) is 19.3. The molecule has 0 fully saturated rings. The molecule has 0 unspecified atom stereocenters. The number of ether oxygens (including phenoxy) is 2. The third kappa shape index (κ3) is 4.18. The van der Waals surface area contributed by atoms with E-state index in [4.69, 9.17) is 9.47 Å².